The van der Waals surface area contributed by atoms with Gasteiger partial charge in [-0.15, -0.1) is 0 Å². The van der Waals surface area contributed by atoms with Crippen molar-refractivity contribution in [1.82, 2.24) is 14.9 Å². The third kappa shape index (κ3) is 7.99. The van der Waals surface area contributed by atoms with Crippen molar-refractivity contribution in [3.8, 4) is 11.5 Å². The number of carbonyl (C=O) groups is 1. The molecular weight excluding hydrogens is 486 g/mol. The van der Waals surface area contributed by atoms with Crippen LogP contribution in [-0.2, 0) is 17.8 Å². The van der Waals surface area contributed by atoms with E-state index in [9.17, 15) is 4.79 Å². The van der Waals surface area contributed by atoms with Gasteiger partial charge < -0.3 is 19.4 Å². The van der Waals surface area contributed by atoms with Crippen LogP contribution >= 0.6 is 11.6 Å². The number of hydrogen-bond acceptors (Lipinski definition) is 4. The maximum absolute atomic E-state index is 12.0. The van der Waals surface area contributed by atoms with Gasteiger partial charge in [-0.1, -0.05) is 36.2 Å². The monoisotopic (exact) mass is 519 g/mol. The predicted molar refractivity (Wildman–Crippen MR) is 149 cm³/mol. The molecule has 0 radical (unpaired) electrons. The lowest BCUT2D eigenvalue weighted by atomic mass is 10.1. The van der Waals surface area contributed by atoms with Crippen LogP contribution in [0, 0.1) is 13.8 Å². The Labute approximate surface area is 223 Å². The first kappa shape index (κ1) is 26.6. The van der Waals surface area contributed by atoms with E-state index in [-0.39, 0.29) is 12.5 Å². The minimum atomic E-state index is -0.124. The summed E-state index contributed by atoms with van der Waals surface area (Å²) in [5, 5.41) is 3.56. The van der Waals surface area contributed by atoms with Crippen LogP contribution < -0.4 is 14.8 Å². The lowest BCUT2D eigenvalue weighted by molar-refractivity contribution is -0.123. The highest BCUT2D eigenvalue weighted by Gasteiger charge is 2.11. The number of amides is 1. The van der Waals surface area contributed by atoms with Gasteiger partial charge in [0.1, 0.15) is 23.9 Å². The van der Waals surface area contributed by atoms with Crippen LogP contribution in [0.3, 0.4) is 0 Å². The topological polar surface area (TPSA) is 65.4 Å². The molecule has 0 aliphatic rings. The standard InChI is InChI=1S/C30H34ClN3O3/c1-22-18-23(2)20-26(19-22)36-17-16-34-28-9-6-5-8-27(28)33-29(34)10-4-3-7-15-32-30(35)21-37-25-13-11-24(31)12-14-25/h5-6,8-9,11-14,18-20H,3-4,7,10,15-17,21H2,1-2H3,(H,32,35). The quantitative estimate of drug-likeness (QED) is 0.211. The number of carbonyl (C=O) groups excluding carboxylic acids is 1. The van der Waals surface area contributed by atoms with Gasteiger partial charge in [0, 0.05) is 18.0 Å². The summed E-state index contributed by atoms with van der Waals surface area (Å²) in [6, 6.07) is 21.5. The predicted octanol–water partition coefficient (Wildman–Crippen LogP) is 6.29. The number of fused-ring (bicyclic) bond motifs is 1. The number of aryl methyl sites for hydroxylation is 3. The molecule has 0 fully saturated rings. The van der Waals surface area contributed by atoms with E-state index in [2.05, 4.69) is 54.1 Å². The number of rotatable bonds is 13. The first-order valence-electron chi connectivity index (χ1n) is 12.8. The van der Waals surface area contributed by atoms with Crippen molar-refractivity contribution in [2.24, 2.45) is 0 Å². The minimum Gasteiger partial charge on any atom is -0.492 e. The van der Waals surface area contributed by atoms with E-state index in [1.807, 2.05) is 12.1 Å². The van der Waals surface area contributed by atoms with Crippen LogP contribution in [0.2, 0.25) is 5.02 Å². The molecule has 4 aromatic rings. The van der Waals surface area contributed by atoms with E-state index in [0.29, 0.717) is 23.9 Å². The lowest BCUT2D eigenvalue weighted by Crippen LogP contribution is -2.29. The zero-order valence-electron chi connectivity index (χ0n) is 21.5. The molecule has 6 nitrogen and oxygen atoms in total. The summed E-state index contributed by atoms with van der Waals surface area (Å²) >= 11 is 5.86. The second kappa shape index (κ2) is 13.2. The molecule has 0 atom stereocenters. The van der Waals surface area contributed by atoms with Gasteiger partial charge in [0.05, 0.1) is 17.6 Å². The molecule has 3 aromatic carbocycles. The highest BCUT2D eigenvalue weighted by molar-refractivity contribution is 6.30. The number of aromatic nitrogens is 2. The maximum atomic E-state index is 12.0. The molecule has 0 saturated carbocycles. The molecule has 0 saturated heterocycles. The van der Waals surface area contributed by atoms with Crippen LogP contribution in [0.15, 0.2) is 66.7 Å². The van der Waals surface area contributed by atoms with Gasteiger partial charge in [-0.3, -0.25) is 4.79 Å². The van der Waals surface area contributed by atoms with Crippen LogP contribution in [-0.4, -0.2) is 35.2 Å². The molecular formula is C30H34ClN3O3. The van der Waals surface area contributed by atoms with E-state index >= 15 is 0 Å². The molecule has 1 amide bonds. The highest BCUT2D eigenvalue weighted by Crippen LogP contribution is 2.20. The van der Waals surface area contributed by atoms with Gasteiger partial charge in [-0.25, -0.2) is 4.98 Å². The van der Waals surface area contributed by atoms with Crippen molar-refractivity contribution in [3.05, 3.63) is 88.7 Å². The van der Waals surface area contributed by atoms with Crippen LogP contribution in [0.4, 0.5) is 0 Å². The van der Waals surface area contributed by atoms with Crippen LogP contribution in [0.1, 0.15) is 36.2 Å². The van der Waals surface area contributed by atoms with Crippen molar-refractivity contribution >= 4 is 28.5 Å². The summed E-state index contributed by atoms with van der Waals surface area (Å²) < 4.78 is 13.8. The average molecular weight is 520 g/mol. The smallest absolute Gasteiger partial charge is 0.257 e. The van der Waals surface area contributed by atoms with Crippen molar-refractivity contribution < 1.29 is 14.3 Å². The van der Waals surface area contributed by atoms with Gasteiger partial charge in [0.15, 0.2) is 6.61 Å². The van der Waals surface area contributed by atoms with Crippen molar-refractivity contribution in [1.29, 1.82) is 0 Å². The fourth-order valence-electron chi connectivity index (χ4n) is 4.38. The number of para-hydroxylation sites is 2. The molecule has 0 spiro atoms. The summed E-state index contributed by atoms with van der Waals surface area (Å²) in [5.74, 6) is 2.48. The number of halogens is 1. The molecule has 0 aliphatic heterocycles. The normalized spacial score (nSPS) is 11.0. The Morgan fingerprint density at radius 3 is 2.46 bits per heavy atom. The van der Waals surface area contributed by atoms with E-state index in [1.165, 1.54) is 11.1 Å². The van der Waals surface area contributed by atoms with Crippen molar-refractivity contribution in [2.75, 3.05) is 19.8 Å². The number of unbranched alkanes of at least 4 members (excludes halogenated alkanes) is 2. The van der Waals surface area contributed by atoms with Gasteiger partial charge in [-0.05, 0) is 86.3 Å². The Hall–Kier alpha value is -3.51. The van der Waals surface area contributed by atoms with Crippen molar-refractivity contribution in [2.45, 2.75) is 46.1 Å². The zero-order valence-corrected chi connectivity index (χ0v) is 22.3. The molecule has 0 unspecified atom stereocenters. The number of nitrogens with zero attached hydrogens (tertiary/aromatic N) is 2. The fourth-order valence-corrected chi connectivity index (χ4v) is 4.51. The summed E-state index contributed by atoms with van der Waals surface area (Å²) in [7, 11) is 0. The summed E-state index contributed by atoms with van der Waals surface area (Å²) in [5.41, 5.74) is 4.55. The number of imidazole rings is 1. The molecule has 1 aromatic heterocycles. The summed E-state index contributed by atoms with van der Waals surface area (Å²) in [6.45, 7) is 6.12. The first-order valence-corrected chi connectivity index (χ1v) is 13.2. The Morgan fingerprint density at radius 2 is 1.68 bits per heavy atom. The second-order valence-corrected chi connectivity index (χ2v) is 9.68. The van der Waals surface area contributed by atoms with E-state index in [4.69, 9.17) is 26.1 Å². The van der Waals surface area contributed by atoms with E-state index in [0.717, 1.165) is 54.8 Å². The van der Waals surface area contributed by atoms with Gasteiger partial charge in [-0.2, -0.15) is 0 Å². The first-order chi connectivity index (χ1) is 18.0. The number of nitrogens with one attached hydrogen (secondary N) is 1. The third-order valence-corrected chi connectivity index (χ3v) is 6.35. The van der Waals surface area contributed by atoms with Gasteiger partial charge in [0.25, 0.3) is 5.91 Å². The molecule has 194 valence electrons. The maximum Gasteiger partial charge on any atom is 0.257 e. The Bertz CT molecular complexity index is 1300. The largest absolute Gasteiger partial charge is 0.492 e. The molecule has 37 heavy (non-hydrogen) atoms. The molecule has 1 heterocycles. The third-order valence-electron chi connectivity index (χ3n) is 6.10. The minimum absolute atomic E-state index is 0.00412. The number of ether oxygens (including phenoxy) is 2. The van der Waals surface area contributed by atoms with Crippen LogP contribution in [0.5, 0.6) is 11.5 Å². The summed E-state index contributed by atoms with van der Waals surface area (Å²) in [4.78, 5) is 16.9. The van der Waals surface area contributed by atoms with Crippen molar-refractivity contribution in [3.63, 3.8) is 0 Å². The molecule has 7 heteroatoms. The van der Waals surface area contributed by atoms with Crippen LogP contribution in [0.25, 0.3) is 11.0 Å². The van der Waals surface area contributed by atoms with E-state index < -0.39 is 0 Å². The summed E-state index contributed by atoms with van der Waals surface area (Å²) in [6.07, 6.45) is 3.79. The average Bonchev–Trinajstić information content (AvgIpc) is 3.22. The number of benzene rings is 3. The Balaban J connectivity index is 1.21. The molecule has 0 bridgehead atoms. The Kier molecular flexibility index (Phi) is 9.44. The van der Waals surface area contributed by atoms with Gasteiger partial charge in [0.2, 0.25) is 0 Å². The lowest BCUT2D eigenvalue weighted by Gasteiger charge is -2.12. The van der Waals surface area contributed by atoms with E-state index in [1.54, 1.807) is 24.3 Å². The SMILES string of the molecule is Cc1cc(C)cc(OCCn2c(CCCCCNC(=O)COc3ccc(Cl)cc3)nc3ccccc32)c1. The second-order valence-electron chi connectivity index (χ2n) is 9.24. The molecule has 0 aliphatic carbocycles. The Morgan fingerprint density at radius 1 is 0.919 bits per heavy atom. The fraction of sp³-hybridized carbons (Fsp3) is 0.333. The molecule has 1 N–H and O–H groups in total. The number of hydrogen-bond donors (Lipinski definition) is 1. The highest BCUT2D eigenvalue weighted by atomic mass is 35.5. The molecule has 4 rings (SSSR count). The van der Waals surface area contributed by atoms with Gasteiger partial charge >= 0.3 is 0 Å². The zero-order chi connectivity index (χ0) is 26.0.